The molecule has 46 valence electrons. The SMILES string of the molecule is C1CC[NH2+]CC1.[Ca].[OH-]. The van der Waals surface area contributed by atoms with E-state index in [2.05, 4.69) is 5.32 Å². The van der Waals surface area contributed by atoms with Gasteiger partial charge in [-0.25, -0.2) is 0 Å². The average molecular weight is 143 g/mol. The predicted molar refractivity (Wildman–Crippen MR) is 33.2 cm³/mol. The van der Waals surface area contributed by atoms with Crippen LogP contribution < -0.4 is 5.32 Å². The summed E-state index contributed by atoms with van der Waals surface area (Å²) in [6, 6.07) is 0. The van der Waals surface area contributed by atoms with Crippen LogP contribution in [0.25, 0.3) is 0 Å². The molecule has 2 radical (unpaired) electrons. The third-order valence-electron chi connectivity index (χ3n) is 1.32. The summed E-state index contributed by atoms with van der Waals surface area (Å²) in [7, 11) is 0. The standard InChI is InChI=1S/C5H11N.Ca.H2O/c1-2-4-6-5-3-1;;/h6H,1-5H2;;1H2. The Bertz CT molecular complexity index is 27.9. The maximum atomic E-state index is 2.39. The molecule has 0 unspecified atom stereocenters. The number of piperidine rings is 1. The summed E-state index contributed by atoms with van der Waals surface area (Å²) >= 11 is 0. The molecule has 0 aromatic carbocycles. The van der Waals surface area contributed by atoms with E-state index in [0.29, 0.717) is 0 Å². The van der Waals surface area contributed by atoms with Gasteiger partial charge in [-0.2, -0.15) is 0 Å². The summed E-state index contributed by atoms with van der Waals surface area (Å²) in [4.78, 5) is 0. The first kappa shape index (κ1) is 11.9. The second-order valence-corrected chi connectivity index (χ2v) is 1.93. The monoisotopic (exact) mass is 143 g/mol. The summed E-state index contributed by atoms with van der Waals surface area (Å²) < 4.78 is 0. The van der Waals surface area contributed by atoms with Gasteiger partial charge in [0, 0.05) is 37.7 Å². The largest absolute Gasteiger partial charge is 0.870 e. The van der Waals surface area contributed by atoms with Gasteiger partial charge in [0.15, 0.2) is 0 Å². The Hall–Kier alpha value is 1.18. The first-order valence-corrected chi connectivity index (χ1v) is 2.82. The average Bonchev–Trinajstić information content (AvgIpc) is 1.72. The molecule has 0 saturated carbocycles. The summed E-state index contributed by atoms with van der Waals surface area (Å²) in [5, 5.41) is 2.39. The van der Waals surface area contributed by atoms with E-state index in [4.69, 9.17) is 0 Å². The van der Waals surface area contributed by atoms with Gasteiger partial charge in [0.05, 0.1) is 13.1 Å². The van der Waals surface area contributed by atoms with Crippen LogP contribution in [0.5, 0.6) is 0 Å². The van der Waals surface area contributed by atoms with Crippen molar-refractivity contribution in [1.29, 1.82) is 0 Å². The predicted octanol–water partition coefficient (Wildman–Crippen LogP) is -0.824. The molecule has 0 aromatic heterocycles. The Morgan fingerprint density at radius 3 is 1.50 bits per heavy atom. The molecule has 1 rings (SSSR count). The van der Waals surface area contributed by atoms with Crippen molar-refractivity contribution < 1.29 is 10.8 Å². The second-order valence-electron chi connectivity index (χ2n) is 1.93. The van der Waals surface area contributed by atoms with E-state index in [9.17, 15) is 0 Å². The van der Waals surface area contributed by atoms with Crippen molar-refractivity contribution in [3.05, 3.63) is 0 Å². The molecule has 2 nitrogen and oxygen atoms in total. The van der Waals surface area contributed by atoms with Gasteiger partial charge >= 0.3 is 0 Å². The number of hydrogen-bond acceptors (Lipinski definition) is 1. The van der Waals surface area contributed by atoms with E-state index >= 15 is 0 Å². The molecule has 8 heavy (non-hydrogen) atoms. The van der Waals surface area contributed by atoms with Crippen molar-refractivity contribution in [2.24, 2.45) is 0 Å². The Morgan fingerprint density at radius 2 is 1.38 bits per heavy atom. The topological polar surface area (TPSA) is 46.6 Å². The van der Waals surface area contributed by atoms with Crippen molar-refractivity contribution in [2.75, 3.05) is 13.1 Å². The Labute approximate surface area is 80.3 Å². The van der Waals surface area contributed by atoms with E-state index in [1.165, 1.54) is 32.4 Å². The third-order valence-corrected chi connectivity index (χ3v) is 1.32. The number of rotatable bonds is 0. The molecule has 1 fully saturated rings. The summed E-state index contributed by atoms with van der Waals surface area (Å²) in [5.41, 5.74) is 0. The van der Waals surface area contributed by atoms with Crippen LogP contribution in [0.4, 0.5) is 0 Å². The quantitative estimate of drug-likeness (QED) is 0.442. The molecule has 1 aliphatic heterocycles. The zero-order valence-corrected chi connectivity index (χ0v) is 7.48. The minimum Gasteiger partial charge on any atom is -0.870 e. The molecule has 0 bridgehead atoms. The van der Waals surface area contributed by atoms with Crippen LogP contribution >= 0.6 is 0 Å². The first-order valence-electron chi connectivity index (χ1n) is 2.82. The molecule has 3 heteroatoms. The van der Waals surface area contributed by atoms with Gasteiger partial charge in [0.1, 0.15) is 0 Å². The number of quaternary nitrogens is 1. The number of hydrogen-bond donors (Lipinski definition) is 1. The van der Waals surface area contributed by atoms with Gasteiger partial charge < -0.3 is 10.8 Å². The van der Waals surface area contributed by atoms with Gasteiger partial charge in [0.2, 0.25) is 0 Å². The van der Waals surface area contributed by atoms with Crippen LogP contribution in [-0.4, -0.2) is 56.3 Å². The van der Waals surface area contributed by atoms with E-state index in [1.807, 2.05) is 0 Å². The molecule has 0 atom stereocenters. The summed E-state index contributed by atoms with van der Waals surface area (Å²) in [6.45, 7) is 2.75. The van der Waals surface area contributed by atoms with Crippen LogP contribution in [0, 0.1) is 0 Å². The van der Waals surface area contributed by atoms with Crippen LogP contribution in [0.1, 0.15) is 19.3 Å². The van der Waals surface area contributed by atoms with Crippen LogP contribution in [0.3, 0.4) is 0 Å². The fraction of sp³-hybridized carbons (Fsp3) is 1.00. The fourth-order valence-corrected chi connectivity index (χ4v) is 0.898. The molecule has 1 aliphatic rings. The van der Waals surface area contributed by atoms with Crippen LogP contribution in [-0.2, 0) is 0 Å². The Balaban J connectivity index is 0. The Kier molecular flexibility index (Phi) is 12.2. The molecular weight excluding hydrogens is 130 g/mol. The smallest absolute Gasteiger partial charge is 0.0755 e. The van der Waals surface area contributed by atoms with Gasteiger partial charge in [-0.15, -0.1) is 0 Å². The molecule has 3 N–H and O–H groups in total. The van der Waals surface area contributed by atoms with Gasteiger partial charge in [-0.05, 0) is 19.3 Å². The molecule has 1 heterocycles. The van der Waals surface area contributed by atoms with E-state index < -0.39 is 0 Å². The minimum atomic E-state index is 0. The zero-order chi connectivity index (χ0) is 4.24. The van der Waals surface area contributed by atoms with Crippen LogP contribution in [0.15, 0.2) is 0 Å². The second kappa shape index (κ2) is 8.18. The van der Waals surface area contributed by atoms with Gasteiger partial charge in [-0.1, -0.05) is 0 Å². The van der Waals surface area contributed by atoms with Crippen LogP contribution in [0.2, 0.25) is 0 Å². The molecule has 0 spiro atoms. The normalized spacial score (nSPS) is 18.0. The van der Waals surface area contributed by atoms with Crippen molar-refractivity contribution in [1.82, 2.24) is 0 Å². The molecule has 0 amide bonds. The molecule has 1 saturated heterocycles. The van der Waals surface area contributed by atoms with E-state index in [0.717, 1.165) is 0 Å². The summed E-state index contributed by atoms with van der Waals surface area (Å²) in [5.74, 6) is 0. The Morgan fingerprint density at radius 1 is 0.875 bits per heavy atom. The molecule has 0 aliphatic carbocycles. The van der Waals surface area contributed by atoms with Gasteiger partial charge in [0.25, 0.3) is 0 Å². The zero-order valence-electron chi connectivity index (χ0n) is 5.27. The van der Waals surface area contributed by atoms with E-state index in [-0.39, 0.29) is 43.2 Å². The number of nitrogens with two attached hydrogens (primary N) is 1. The minimum absolute atomic E-state index is 0. The molecular formula is C5H13CaNO. The first-order chi connectivity index (χ1) is 3.00. The fourth-order valence-electron chi connectivity index (χ4n) is 0.898. The van der Waals surface area contributed by atoms with Crippen molar-refractivity contribution in [2.45, 2.75) is 19.3 Å². The molecule has 0 aromatic rings. The van der Waals surface area contributed by atoms with Gasteiger partial charge in [-0.3, -0.25) is 0 Å². The summed E-state index contributed by atoms with van der Waals surface area (Å²) in [6.07, 6.45) is 4.36. The van der Waals surface area contributed by atoms with Crippen molar-refractivity contribution >= 4 is 37.7 Å². The maximum absolute atomic E-state index is 2.39. The van der Waals surface area contributed by atoms with Crippen molar-refractivity contribution in [3.8, 4) is 0 Å². The maximum Gasteiger partial charge on any atom is 0.0755 e. The van der Waals surface area contributed by atoms with E-state index in [1.54, 1.807) is 0 Å². The van der Waals surface area contributed by atoms with Crippen molar-refractivity contribution in [3.63, 3.8) is 0 Å². The third kappa shape index (κ3) is 5.32.